The molecule has 2 aromatic carbocycles. The normalized spacial score (nSPS) is 14.0. The third-order valence-corrected chi connectivity index (χ3v) is 4.47. The lowest BCUT2D eigenvalue weighted by Crippen LogP contribution is -2.28. The number of benzene rings is 2. The van der Waals surface area contributed by atoms with Crippen molar-refractivity contribution in [2.24, 2.45) is 0 Å². The number of hydrogen-bond acceptors (Lipinski definition) is 4. The molecule has 3 rings (SSSR count). The van der Waals surface area contributed by atoms with Gasteiger partial charge in [0.1, 0.15) is 5.75 Å². The Labute approximate surface area is 154 Å². The first kappa shape index (κ1) is 18.0. The minimum atomic E-state index is -0.171. The zero-order valence-corrected chi connectivity index (χ0v) is 14.8. The molecule has 1 saturated heterocycles. The smallest absolute Gasteiger partial charge is 0.258 e. The highest BCUT2D eigenvalue weighted by atomic mass is 16.5. The fraction of sp³-hybridized carbons (Fsp3) is 0.333. The van der Waals surface area contributed by atoms with Crippen molar-refractivity contribution < 1.29 is 9.53 Å². The molecule has 1 amide bonds. The highest BCUT2D eigenvalue weighted by Gasteiger charge is 2.11. The maximum absolute atomic E-state index is 11.9. The molecule has 0 spiro atoms. The molecule has 26 heavy (non-hydrogen) atoms. The van der Waals surface area contributed by atoms with Gasteiger partial charge in [0, 0.05) is 13.1 Å². The minimum Gasteiger partial charge on any atom is -0.484 e. The van der Waals surface area contributed by atoms with Crippen LogP contribution in [0.4, 0.5) is 0 Å². The van der Waals surface area contributed by atoms with Gasteiger partial charge in [-0.25, -0.2) is 0 Å². The van der Waals surface area contributed by atoms with Crippen LogP contribution in [-0.2, 0) is 17.9 Å². The van der Waals surface area contributed by atoms with Crippen molar-refractivity contribution >= 4 is 5.91 Å². The Morgan fingerprint density at radius 2 is 1.69 bits per heavy atom. The Balaban J connectivity index is 1.40. The fourth-order valence-corrected chi connectivity index (χ4v) is 2.99. The SMILES string of the molecule is N#Cc1ccc(OCC(=O)NCc2ccc(CN3CCCC3)cc2)cc1. The molecule has 134 valence electrons. The molecule has 0 atom stereocenters. The van der Waals surface area contributed by atoms with Crippen LogP contribution in [0, 0.1) is 11.3 Å². The zero-order chi connectivity index (χ0) is 18.2. The summed E-state index contributed by atoms with van der Waals surface area (Å²) in [5, 5.41) is 11.6. The van der Waals surface area contributed by atoms with Crippen molar-refractivity contribution in [3.63, 3.8) is 0 Å². The Kier molecular flexibility index (Phi) is 6.24. The summed E-state index contributed by atoms with van der Waals surface area (Å²) >= 11 is 0. The van der Waals surface area contributed by atoms with Gasteiger partial charge in [-0.2, -0.15) is 5.26 Å². The third-order valence-electron chi connectivity index (χ3n) is 4.47. The maximum atomic E-state index is 11.9. The molecule has 0 bridgehead atoms. The van der Waals surface area contributed by atoms with E-state index in [0.717, 1.165) is 12.1 Å². The van der Waals surface area contributed by atoms with E-state index in [2.05, 4.69) is 34.5 Å². The van der Waals surface area contributed by atoms with Gasteiger partial charge in [0.05, 0.1) is 11.6 Å². The second-order valence-electron chi connectivity index (χ2n) is 6.50. The molecule has 0 saturated carbocycles. The average Bonchev–Trinajstić information content (AvgIpc) is 3.19. The molecular weight excluding hydrogens is 326 g/mol. The number of carbonyl (C=O) groups is 1. The van der Waals surface area contributed by atoms with Gasteiger partial charge in [0.15, 0.2) is 6.61 Å². The molecule has 5 heteroatoms. The lowest BCUT2D eigenvalue weighted by atomic mass is 10.1. The molecule has 5 nitrogen and oxygen atoms in total. The average molecular weight is 349 g/mol. The molecule has 0 unspecified atom stereocenters. The molecule has 0 radical (unpaired) electrons. The van der Waals surface area contributed by atoms with Crippen LogP contribution in [0.3, 0.4) is 0 Å². The number of ether oxygens (including phenoxy) is 1. The Morgan fingerprint density at radius 3 is 2.35 bits per heavy atom. The van der Waals surface area contributed by atoms with Gasteiger partial charge in [0.25, 0.3) is 5.91 Å². The first-order valence-corrected chi connectivity index (χ1v) is 8.93. The van der Waals surface area contributed by atoms with E-state index in [1.54, 1.807) is 24.3 Å². The first-order valence-electron chi connectivity index (χ1n) is 8.93. The van der Waals surface area contributed by atoms with Gasteiger partial charge in [-0.3, -0.25) is 9.69 Å². The van der Waals surface area contributed by atoms with Gasteiger partial charge in [-0.1, -0.05) is 24.3 Å². The number of rotatable bonds is 7. The largest absolute Gasteiger partial charge is 0.484 e. The summed E-state index contributed by atoms with van der Waals surface area (Å²) in [6.45, 7) is 3.83. The minimum absolute atomic E-state index is 0.0427. The topological polar surface area (TPSA) is 65.4 Å². The summed E-state index contributed by atoms with van der Waals surface area (Å²) in [6.07, 6.45) is 2.60. The second kappa shape index (κ2) is 9.02. The number of nitriles is 1. The Bertz CT molecular complexity index is 757. The molecule has 2 aromatic rings. The molecule has 1 aliphatic rings. The maximum Gasteiger partial charge on any atom is 0.258 e. The van der Waals surface area contributed by atoms with Crippen molar-refractivity contribution in [2.45, 2.75) is 25.9 Å². The lowest BCUT2D eigenvalue weighted by Gasteiger charge is -2.14. The van der Waals surface area contributed by atoms with Crippen LogP contribution in [0.1, 0.15) is 29.5 Å². The molecule has 0 aromatic heterocycles. The van der Waals surface area contributed by atoms with Crippen LogP contribution in [0.2, 0.25) is 0 Å². The highest BCUT2D eigenvalue weighted by molar-refractivity contribution is 5.77. The van der Waals surface area contributed by atoms with E-state index in [4.69, 9.17) is 10.00 Å². The zero-order valence-electron chi connectivity index (χ0n) is 14.8. The van der Waals surface area contributed by atoms with Crippen molar-refractivity contribution in [1.29, 1.82) is 5.26 Å². The van der Waals surface area contributed by atoms with E-state index in [9.17, 15) is 4.79 Å². The first-order chi connectivity index (χ1) is 12.7. The van der Waals surface area contributed by atoms with Gasteiger partial charge >= 0.3 is 0 Å². The van der Waals surface area contributed by atoms with Crippen LogP contribution >= 0.6 is 0 Å². The number of carbonyl (C=O) groups excluding carboxylic acids is 1. The van der Waals surface area contributed by atoms with Gasteiger partial charge < -0.3 is 10.1 Å². The third kappa shape index (κ3) is 5.33. The van der Waals surface area contributed by atoms with Crippen molar-refractivity contribution in [3.05, 3.63) is 65.2 Å². The summed E-state index contributed by atoms with van der Waals surface area (Å²) in [6, 6.07) is 17.1. The van der Waals surface area contributed by atoms with E-state index >= 15 is 0 Å². The number of nitrogens with one attached hydrogen (secondary N) is 1. The number of amides is 1. The summed E-state index contributed by atoms with van der Waals surface area (Å²) < 4.78 is 5.42. The quantitative estimate of drug-likeness (QED) is 0.835. The van der Waals surface area contributed by atoms with E-state index in [1.165, 1.54) is 31.5 Å². The summed E-state index contributed by atoms with van der Waals surface area (Å²) in [5.41, 5.74) is 2.95. The van der Waals surface area contributed by atoms with E-state index in [-0.39, 0.29) is 12.5 Å². The number of hydrogen-bond donors (Lipinski definition) is 1. The second-order valence-corrected chi connectivity index (χ2v) is 6.50. The van der Waals surface area contributed by atoms with E-state index in [0.29, 0.717) is 17.9 Å². The van der Waals surface area contributed by atoms with Gasteiger partial charge in [-0.15, -0.1) is 0 Å². The molecular formula is C21H23N3O2. The summed E-state index contributed by atoms with van der Waals surface area (Å²) in [7, 11) is 0. The van der Waals surface area contributed by atoms with Crippen LogP contribution in [0.25, 0.3) is 0 Å². The van der Waals surface area contributed by atoms with Gasteiger partial charge in [-0.05, 0) is 61.3 Å². The predicted molar refractivity (Wildman–Crippen MR) is 99.5 cm³/mol. The Hall–Kier alpha value is -2.84. The van der Waals surface area contributed by atoms with E-state index < -0.39 is 0 Å². The van der Waals surface area contributed by atoms with E-state index in [1.807, 2.05) is 6.07 Å². The molecule has 1 heterocycles. The molecule has 1 aliphatic heterocycles. The summed E-state index contributed by atoms with van der Waals surface area (Å²) in [4.78, 5) is 14.4. The van der Waals surface area contributed by atoms with Crippen LogP contribution in [-0.4, -0.2) is 30.5 Å². The monoisotopic (exact) mass is 349 g/mol. The fourth-order valence-electron chi connectivity index (χ4n) is 2.99. The van der Waals surface area contributed by atoms with Crippen molar-refractivity contribution in [1.82, 2.24) is 10.2 Å². The predicted octanol–water partition coefficient (Wildman–Crippen LogP) is 2.85. The lowest BCUT2D eigenvalue weighted by molar-refractivity contribution is -0.123. The number of likely N-dealkylation sites (tertiary alicyclic amines) is 1. The van der Waals surface area contributed by atoms with Gasteiger partial charge in [0.2, 0.25) is 0 Å². The molecule has 1 N–H and O–H groups in total. The van der Waals surface area contributed by atoms with Crippen molar-refractivity contribution in [2.75, 3.05) is 19.7 Å². The standard InChI is InChI=1S/C21H23N3O2/c22-13-17-7-9-20(10-8-17)26-16-21(25)23-14-18-3-5-19(6-4-18)15-24-11-1-2-12-24/h3-10H,1-2,11-12,14-16H2,(H,23,25). The van der Waals surface area contributed by atoms with Crippen LogP contribution < -0.4 is 10.1 Å². The highest BCUT2D eigenvalue weighted by Crippen LogP contribution is 2.13. The Morgan fingerprint density at radius 1 is 1.04 bits per heavy atom. The molecule has 0 aliphatic carbocycles. The summed E-state index contributed by atoms with van der Waals surface area (Å²) in [5.74, 6) is 0.404. The number of nitrogens with zero attached hydrogens (tertiary/aromatic N) is 2. The van der Waals surface area contributed by atoms with Crippen molar-refractivity contribution in [3.8, 4) is 11.8 Å². The van der Waals surface area contributed by atoms with Crippen LogP contribution in [0.15, 0.2) is 48.5 Å². The molecule has 1 fully saturated rings. The van der Waals surface area contributed by atoms with Crippen LogP contribution in [0.5, 0.6) is 5.75 Å².